The van der Waals surface area contributed by atoms with E-state index in [1.807, 2.05) is 13.1 Å². The van der Waals surface area contributed by atoms with Gasteiger partial charge in [-0.3, -0.25) is 0 Å². The lowest BCUT2D eigenvalue weighted by Gasteiger charge is -2.18. The van der Waals surface area contributed by atoms with Crippen molar-refractivity contribution in [2.24, 2.45) is 0 Å². The Balaban J connectivity index is 2.10. The fourth-order valence-corrected chi connectivity index (χ4v) is 2.09. The number of nitrogens with one attached hydrogen (secondary N) is 2. The number of anilines is 3. The van der Waals surface area contributed by atoms with Crippen LogP contribution in [0, 0.1) is 0 Å². The van der Waals surface area contributed by atoms with E-state index in [1.165, 1.54) is 0 Å². The van der Waals surface area contributed by atoms with E-state index in [-0.39, 0.29) is 12.6 Å². The lowest BCUT2D eigenvalue weighted by molar-refractivity contribution is 0.311. The number of nitrogen functional groups attached to an aromatic ring is 1. The summed E-state index contributed by atoms with van der Waals surface area (Å²) < 4.78 is 0. The van der Waals surface area contributed by atoms with Gasteiger partial charge in [0, 0.05) is 31.7 Å². The van der Waals surface area contributed by atoms with Crippen molar-refractivity contribution in [2.75, 3.05) is 49.2 Å². The summed E-state index contributed by atoms with van der Waals surface area (Å²) >= 11 is 0. The first-order valence-electron chi connectivity index (χ1n) is 6.14. The number of aromatic nitrogens is 2. The Morgan fingerprint density at radius 3 is 3.06 bits per heavy atom. The molecule has 100 valence electrons. The smallest absolute Gasteiger partial charge is 0.223 e. The molecule has 1 aromatic heterocycles. The quantitative estimate of drug-likeness (QED) is 0.548. The van der Waals surface area contributed by atoms with Gasteiger partial charge in [-0.2, -0.15) is 9.97 Å². The Kier molecular flexibility index (Phi) is 4.16. The highest BCUT2D eigenvalue weighted by molar-refractivity contribution is 5.53. The van der Waals surface area contributed by atoms with Gasteiger partial charge in [0.1, 0.15) is 11.6 Å². The molecule has 1 atom stereocenters. The topological polar surface area (TPSA) is 99.3 Å². The standard InChI is InChI=1S/C11H20N6O/c1-13-8-2-4-17(7-8)10-6-9(14-3-5-18)15-11(12)16-10/h6,8,13,18H,2-5,7H2,1H3,(H3,12,14,15,16)/t8-/m1/s1. The van der Waals surface area contributed by atoms with Gasteiger partial charge in [-0.15, -0.1) is 0 Å². The molecule has 2 rings (SSSR count). The van der Waals surface area contributed by atoms with Crippen LogP contribution >= 0.6 is 0 Å². The van der Waals surface area contributed by atoms with E-state index in [0.29, 0.717) is 18.4 Å². The molecule has 1 saturated heterocycles. The Bertz CT molecular complexity index is 399. The minimum absolute atomic E-state index is 0.0603. The molecule has 0 radical (unpaired) electrons. The zero-order chi connectivity index (χ0) is 13.0. The van der Waals surface area contributed by atoms with E-state index >= 15 is 0 Å². The summed E-state index contributed by atoms with van der Waals surface area (Å²) in [6.45, 7) is 2.40. The van der Waals surface area contributed by atoms with Crippen LogP contribution in [-0.4, -0.2) is 54.4 Å². The number of rotatable bonds is 5. The Morgan fingerprint density at radius 1 is 1.56 bits per heavy atom. The molecule has 0 amide bonds. The van der Waals surface area contributed by atoms with E-state index in [4.69, 9.17) is 10.8 Å². The molecule has 7 nitrogen and oxygen atoms in total. The van der Waals surface area contributed by atoms with Crippen molar-refractivity contribution in [2.45, 2.75) is 12.5 Å². The predicted octanol–water partition coefficient (Wildman–Crippen LogP) is -0.739. The molecule has 1 aromatic rings. The van der Waals surface area contributed by atoms with Gasteiger partial charge in [0.05, 0.1) is 6.61 Å². The first-order chi connectivity index (χ1) is 8.72. The van der Waals surface area contributed by atoms with E-state index in [1.54, 1.807) is 0 Å². The van der Waals surface area contributed by atoms with E-state index in [0.717, 1.165) is 25.3 Å². The average Bonchev–Trinajstić information content (AvgIpc) is 2.84. The third-order valence-electron chi connectivity index (χ3n) is 3.07. The predicted molar refractivity (Wildman–Crippen MR) is 71.7 cm³/mol. The van der Waals surface area contributed by atoms with Crippen LogP contribution in [0.15, 0.2) is 6.07 Å². The Hall–Kier alpha value is -1.60. The molecule has 5 N–H and O–H groups in total. The van der Waals surface area contributed by atoms with Crippen molar-refractivity contribution < 1.29 is 5.11 Å². The second kappa shape index (κ2) is 5.83. The van der Waals surface area contributed by atoms with Crippen LogP contribution in [0.25, 0.3) is 0 Å². The molecule has 1 aliphatic rings. The molecule has 18 heavy (non-hydrogen) atoms. The number of likely N-dealkylation sites (N-methyl/N-ethyl adjacent to an activating group) is 1. The van der Waals surface area contributed by atoms with Crippen LogP contribution < -0.4 is 21.3 Å². The summed E-state index contributed by atoms with van der Waals surface area (Å²) in [5.74, 6) is 1.74. The maximum absolute atomic E-state index is 8.79. The SMILES string of the molecule is CN[C@@H]1CCN(c2cc(NCCO)nc(N)n2)C1. The highest BCUT2D eigenvalue weighted by Gasteiger charge is 2.22. The molecule has 2 heterocycles. The van der Waals surface area contributed by atoms with Crippen LogP contribution in [0.2, 0.25) is 0 Å². The van der Waals surface area contributed by atoms with Crippen molar-refractivity contribution in [3.8, 4) is 0 Å². The number of hydrogen-bond donors (Lipinski definition) is 4. The van der Waals surface area contributed by atoms with Gasteiger partial charge in [-0.1, -0.05) is 0 Å². The fourth-order valence-electron chi connectivity index (χ4n) is 2.09. The molecule has 0 bridgehead atoms. The van der Waals surface area contributed by atoms with Crippen LogP contribution in [0.5, 0.6) is 0 Å². The molecule has 1 fully saturated rings. The molecule has 0 spiro atoms. The lowest BCUT2D eigenvalue weighted by Crippen LogP contribution is -2.30. The molecule has 7 heteroatoms. The van der Waals surface area contributed by atoms with Crippen molar-refractivity contribution >= 4 is 17.6 Å². The Labute approximate surface area is 106 Å². The normalized spacial score (nSPS) is 19.2. The highest BCUT2D eigenvalue weighted by atomic mass is 16.3. The molecule has 0 unspecified atom stereocenters. The molecule has 0 saturated carbocycles. The summed E-state index contributed by atoms with van der Waals surface area (Å²) in [6.07, 6.45) is 1.10. The minimum atomic E-state index is 0.0603. The van der Waals surface area contributed by atoms with E-state index in [9.17, 15) is 0 Å². The van der Waals surface area contributed by atoms with Gasteiger partial charge in [0.25, 0.3) is 0 Å². The first-order valence-corrected chi connectivity index (χ1v) is 6.14. The molecule has 0 aromatic carbocycles. The molecule has 0 aliphatic carbocycles. The number of nitrogens with two attached hydrogens (primary N) is 1. The van der Waals surface area contributed by atoms with Gasteiger partial charge >= 0.3 is 0 Å². The summed E-state index contributed by atoms with van der Waals surface area (Å²) in [6, 6.07) is 2.36. The highest BCUT2D eigenvalue weighted by Crippen LogP contribution is 2.21. The summed E-state index contributed by atoms with van der Waals surface area (Å²) in [7, 11) is 1.97. The van der Waals surface area contributed by atoms with Gasteiger partial charge in [0.2, 0.25) is 5.95 Å². The first kappa shape index (κ1) is 12.8. The van der Waals surface area contributed by atoms with Crippen LogP contribution in [0.3, 0.4) is 0 Å². The van der Waals surface area contributed by atoms with Crippen LogP contribution in [0.4, 0.5) is 17.6 Å². The van der Waals surface area contributed by atoms with Gasteiger partial charge in [-0.05, 0) is 13.5 Å². The van der Waals surface area contributed by atoms with Gasteiger partial charge in [0.15, 0.2) is 0 Å². The summed E-state index contributed by atoms with van der Waals surface area (Å²) in [5, 5.41) is 15.1. The molecule has 1 aliphatic heterocycles. The van der Waals surface area contributed by atoms with Gasteiger partial charge in [-0.25, -0.2) is 0 Å². The van der Waals surface area contributed by atoms with E-state index < -0.39 is 0 Å². The third kappa shape index (κ3) is 2.99. The average molecular weight is 252 g/mol. The molecular weight excluding hydrogens is 232 g/mol. The lowest BCUT2D eigenvalue weighted by atomic mass is 10.3. The van der Waals surface area contributed by atoms with E-state index in [2.05, 4.69) is 25.5 Å². The zero-order valence-corrected chi connectivity index (χ0v) is 10.6. The van der Waals surface area contributed by atoms with Gasteiger partial charge < -0.3 is 26.4 Å². The zero-order valence-electron chi connectivity index (χ0n) is 10.6. The van der Waals surface area contributed by atoms with Crippen LogP contribution in [0.1, 0.15) is 6.42 Å². The number of hydrogen-bond acceptors (Lipinski definition) is 7. The van der Waals surface area contributed by atoms with Crippen molar-refractivity contribution in [1.82, 2.24) is 15.3 Å². The number of nitrogens with zero attached hydrogens (tertiary/aromatic N) is 3. The maximum atomic E-state index is 8.79. The summed E-state index contributed by atoms with van der Waals surface area (Å²) in [5.41, 5.74) is 5.70. The largest absolute Gasteiger partial charge is 0.395 e. The fraction of sp³-hybridized carbons (Fsp3) is 0.636. The monoisotopic (exact) mass is 252 g/mol. The second-order valence-electron chi connectivity index (χ2n) is 4.34. The number of aliphatic hydroxyl groups excluding tert-OH is 1. The van der Waals surface area contributed by atoms with Crippen LogP contribution in [-0.2, 0) is 0 Å². The minimum Gasteiger partial charge on any atom is -0.395 e. The van der Waals surface area contributed by atoms with Crippen molar-refractivity contribution in [1.29, 1.82) is 0 Å². The number of aliphatic hydroxyl groups is 1. The maximum Gasteiger partial charge on any atom is 0.223 e. The second-order valence-corrected chi connectivity index (χ2v) is 4.34. The van der Waals surface area contributed by atoms with Crippen molar-refractivity contribution in [3.05, 3.63) is 6.07 Å². The Morgan fingerprint density at radius 2 is 2.39 bits per heavy atom. The third-order valence-corrected chi connectivity index (χ3v) is 3.07. The molecular formula is C11H20N6O. The summed E-state index contributed by atoms with van der Waals surface area (Å²) in [4.78, 5) is 10.5. The van der Waals surface area contributed by atoms with Crippen molar-refractivity contribution in [3.63, 3.8) is 0 Å².